The first kappa shape index (κ1) is 22.9. The first-order valence-corrected chi connectivity index (χ1v) is 11.4. The maximum atomic E-state index is 13.7. The first-order chi connectivity index (χ1) is 15.9. The minimum Gasteiger partial charge on any atom is -0.350 e. The molecule has 3 N–H and O–H groups in total. The van der Waals surface area contributed by atoms with Gasteiger partial charge in [-0.2, -0.15) is 0 Å². The van der Waals surface area contributed by atoms with E-state index in [-0.39, 0.29) is 49.0 Å². The Morgan fingerprint density at radius 3 is 2.33 bits per heavy atom. The third-order valence-corrected chi connectivity index (χ3v) is 6.38. The highest BCUT2D eigenvalue weighted by atomic mass is 19.1. The number of rotatable bonds is 5. The molecule has 2 aromatic carbocycles. The van der Waals surface area contributed by atoms with Gasteiger partial charge < -0.3 is 20.9 Å². The van der Waals surface area contributed by atoms with E-state index in [1.165, 1.54) is 28.0 Å². The summed E-state index contributed by atoms with van der Waals surface area (Å²) >= 11 is 0. The Hall–Kier alpha value is -3.26. The molecule has 2 fully saturated rings. The summed E-state index contributed by atoms with van der Waals surface area (Å²) in [5.41, 5.74) is 6.95. The van der Waals surface area contributed by atoms with Crippen molar-refractivity contribution in [2.75, 3.05) is 13.1 Å². The Balaban J connectivity index is 1.55. The zero-order valence-corrected chi connectivity index (χ0v) is 18.5. The van der Waals surface area contributed by atoms with Gasteiger partial charge >= 0.3 is 0 Å². The number of nitrogens with one attached hydrogen (secondary N) is 1. The van der Waals surface area contributed by atoms with Crippen molar-refractivity contribution in [3.05, 3.63) is 71.5 Å². The molecule has 2 aliphatic rings. The normalized spacial score (nSPS) is 22.8. The van der Waals surface area contributed by atoms with E-state index in [1.54, 1.807) is 0 Å². The molecule has 1 atom stereocenters. The predicted octanol–water partition coefficient (Wildman–Crippen LogP) is 2.07. The predicted molar refractivity (Wildman–Crippen MR) is 121 cm³/mol. The Bertz CT molecular complexity index is 1010. The van der Waals surface area contributed by atoms with Gasteiger partial charge in [-0.05, 0) is 49.4 Å². The Morgan fingerprint density at radius 2 is 1.64 bits per heavy atom. The fraction of sp³-hybridized carbons (Fsp3) is 0.400. The van der Waals surface area contributed by atoms with Crippen LogP contribution in [0.5, 0.6) is 0 Å². The van der Waals surface area contributed by atoms with E-state index in [4.69, 9.17) is 5.73 Å². The first-order valence-electron chi connectivity index (χ1n) is 11.4. The van der Waals surface area contributed by atoms with Gasteiger partial charge in [-0.25, -0.2) is 4.39 Å². The van der Waals surface area contributed by atoms with Crippen LogP contribution in [0.25, 0.3) is 0 Å². The van der Waals surface area contributed by atoms with Gasteiger partial charge in [0.05, 0.1) is 6.42 Å². The number of halogens is 1. The van der Waals surface area contributed by atoms with Gasteiger partial charge in [-0.15, -0.1) is 0 Å². The molecule has 7 nitrogen and oxygen atoms in total. The molecule has 1 aliphatic carbocycles. The fourth-order valence-electron chi connectivity index (χ4n) is 4.58. The van der Waals surface area contributed by atoms with Crippen molar-refractivity contribution >= 4 is 17.7 Å². The van der Waals surface area contributed by atoms with E-state index >= 15 is 0 Å². The minimum absolute atomic E-state index is 0.0462. The lowest BCUT2D eigenvalue weighted by atomic mass is 9.92. The topological polar surface area (TPSA) is 95.7 Å². The monoisotopic (exact) mass is 452 g/mol. The molecular formula is C25H29FN4O3. The molecule has 1 saturated heterocycles. The van der Waals surface area contributed by atoms with Crippen LogP contribution in [0.4, 0.5) is 4.39 Å². The number of carbonyl (C=O) groups is 3. The maximum absolute atomic E-state index is 13.7. The van der Waals surface area contributed by atoms with E-state index in [2.05, 4.69) is 5.32 Å². The van der Waals surface area contributed by atoms with Gasteiger partial charge in [-0.3, -0.25) is 14.4 Å². The second-order valence-electron chi connectivity index (χ2n) is 8.75. The quantitative estimate of drug-likeness (QED) is 0.726. The second kappa shape index (κ2) is 10.1. The van der Waals surface area contributed by atoms with Gasteiger partial charge in [0.2, 0.25) is 5.91 Å². The van der Waals surface area contributed by atoms with Crippen molar-refractivity contribution in [1.29, 1.82) is 0 Å². The van der Waals surface area contributed by atoms with Crippen molar-refractivity contribution < 1.29 is 18.8 Å². The highest BCUT2D eigenvalue weighted by molar-refractivity contribution is 5.99. The van der Waals surface area contributed by atoms with Gasteiger partial charge in [0.25, 0.3) is 11.8 Å². The molecule has 8 heteroatoms. The molecular weight excluding hydrogens is 423 g/mol. The van der Waals surface area contributed by atoms with E-state index in [0.29, 0.717) is 0 Å². The van der Waals surface area contributed by atoms with Gasteiger partial charge in [-0.1, -0.05) is 36.4 Å². The van der Waals surface area contributed by atoms with Crippen LogP contribution in [-0.2, 0) is 16.0 Å². The number of benzene rings is 2. The minimum atomic E-state index is -1.08. The van der Waals surface area contributed by atoms with Crippen LogP contribution >= 0.6 is 0 Å². The maximum Gasteiger partial charge on any atom is 0.264 e. The van der Waals surface area contributed by atoms with Crippen molar-refractivity contribution in [3.8, 4) is 0 Å². The number of hydrogen-bond acceptors (Lipinski definition) is 4. The molecule has 0 aromatic heterocycles. The average molecular weight is 453 g/mol. The molecule has 174 valence electrons. The van der Waals surface area contributed by atoms with Crippen LogP contribution < -0.4 is 11.1 Å². The highest BCUT2D eigenvalue weighted by Crippen LogP contribution is 2.22. The third kappa shape index (κ3) is 5.39. The van der Waals surface area contributed by atoms with Crippen LogP contribution in [0.1, 0.15) is 41.6 Å². The molecule has 1 unspecified atom stereocenters. The zero-order chi connectivity index (χ0) is 23.4. The van der Waals surface area contributed by atoms with Gasteiger partial charge in [0.15, 0.2) is 6.17 Å². The summed E-state index contributed by atoms with van der Waals surface area (Å²) in [5, 5.41) is 3.02. The Kier molecular flexibility index (Phi) is 7.03. The van der Waals surface area contributed by atoms with Gasteiger partial charge in [0.1, 0.15) is 5.82 Å². The summed E-state index contributed by atoms with van der Waals surface area (Å²) in [5.74, 6) is -1.63. The largest absolute Gasteiger partial charge is 0.350 e. The molecule has 1 heterocycles. The molecule has 1 aliphatic heterocycles. The number of nitrogens with zero attached hydrogens (tertiary/aromatic N) is 2. The Labute approximate surface area is 192 Å². The summed E-state index contributed by atoms with van der Waals surface area (Å²) in [7, 11) is 0. The average Bonchev–Trinajstić information content (AvgIpc) is 3.26. The van der Waals surface area contributed by atoms with Crippen LogP contribution in [0, 0.1) is 5.82 Å². The summed E-state index contributed by atoms with van der Waals surface area (Å²) in [4.78, 5) is 42.5. The molecule has 3 amide bonds. The van der Waals surface area contributed by atoms with Crippen LogP contribution in [0.2, 0.25) is 0 Å². The highest BCUT2D eigenvalue weighted by Gasteiger charge is 2.43. The lowest BCUT2D eigenvalue weighted by molar-refractivity contribution is -0.141. The van der Waals surface area contributed by atoms with Crippen LogP contribution in [0.3, 0.4) is 0 Å². The number of carbonyl (C=O) groups excluding carboxylic acids is 3. The van der Waals surface area contributed by atoms with E-state index in [0.717, 1.165) is 37.3 Å². The Morgan fingerprint density at radius 1 is 0.939 bits per heavy atom. The lowest BCUT2D eigenvalue weighted by Crippen LogP contribution is -2.56. The third-order valence-electron chi connectivity index (χ3n) is 6.38. The molecule has 1 saturated carbocycles. The SMILES string of the molecule is NC1CCC(NC(=O)C2N(C(=O)Cc3ccccc3)CCN2C(=O)c2cccc(F)c2)CC1. The second-order valence-corrected chi connectivity index (χ2v) is 8.75. The van der Waals surface area contributed by atoms with E-state index in [1.807, 2.05) is 30.3 Å². The zero-order valence-electron chi connectivity index (χ0n) is 18.5. The number of amides is 3. The van der Waals surface area contributed by atoms with E-state index in [9.17, 15) is 18.8 Å². The summed E-state index contributed by atoms with van der Waals surface area (Å²) in [6.07, 6.45) is 2.21. The molecule has 2 aromatic rings. The standard InChI is InChI=1S/C25H29FN4O3/c26-19-8-4-7-18(16-19)25(33)30-14-13-29(22(31)15-17-5-2-1-3-6-17)24(30)23(32)28-21-11-9-20(27)10-12-21/h1-8,16,20-21,24H,9-15,27H2,(H,28,32). The molecule has 0 spiro atoms. The number of nitrogens with two attached hydrogens (primary N) is 1. The number of hydrogen-bond donors (Lipinski definition) is 2. The molecule has 0 radical (unpaired) electrons. The summed E-state index contributed by atoms with van der Waals surface area (Å²) in [6.45, 7) is 0.434. The van der Waals surface area contributed by atoms with Crippen molar-refractivity contribution in [2.45, 2.75) is 50.4 Å². The van der Waals surface area contributed by atoms with Crippen LogP contribution in [-0.4, -0.2) is 58.9 Å². The van der Waals surface area contributed by atoms with Crippen molar-refractivity contribution in [2.24, 2.45) is 5.73 Å². The smallest absolute Gasteiger partial charge is 0.264 e. The molecule has 4 rings (SSSR count). The van der Waals surface area contributed by atoms with Crippen molar-refractivity contribution in [1.82, 2.24) is 15.1 Å². The molecule has 33 heavy (non-hydrogen) atoms. The van der Waals surface area contributed by atoms with Crippen LogP contribution in [0.15, 0.2) is 54.6 Å². The molecule has 0 bridgehead atoms. The van der Waals surface area contributed by atoms with Crippen molar-refractivity contribution in [3.63, 3.8) is 0 Å². The van der Waals surface area contributed by atoms with Gasteiger partial charge in [0, 0.05) is 30.7 Å². The summed E-state index contributed by atoms with van der Waals surface area (Å²) < 4.78 is 13.7. The lowest BCUT2D eigenvalue weighted by Gasteiger charge is -2.33. The van der Waals surface area contributed by atoms with E-state index < -0.39 is 17.9 Å². The summed E-state index contributed by atoms with van der Waals surface area (Å²) in [6, 6.07) is 14.7. The fourth-order valence-corrected chi connectivity index (χ4v) is 4.58.